The number of hydrogen-bond donors (Lipinski definition) is 4. The number of para-hydroxylation sites is 2. The highest BCUT2D eigenvalue weighted by Crippen LogP contribution is 2.35. The number of nitrogen functional groups attached to an aromatic ring is 1. The van der Waals surface area contributed by atoms with Crippen molar-refractivity contribution >= 4 is 45.9 Å². The fraction of sp³-hybridized carbons (Fsp3) is 0.0800. The standard InChI is InChI=1S/C25H22N4O3/c1-14(23-19-13-17(15(2)30)9-12-21(19)28-25(23)32)27-18-10-7-16(8-11-18)24(31)29-22-6-4-3-5-20(22)26/h3-13,27H,26H2,1-2H3,(H,28,32)(H,29,31). The molecule has 3 aromatic rings. The van der Waals surface area contributed by atoms with Gasteiger partial charge in [0.25, 0.3) is 11.8 Å². The van der Waals surface area contributed by atoms with Gasteiger partial charge in [-0.1, -0.05) is 12.1 Å². The Morgan fingerprint density at radius 3 is 2.25 bits per heavy atom. The molecule has 0 aromatic heterocycles. The van der Waals surface area contributed by atoms with E-state index in [4.69, 9.17) is 5.73 Å². The van der Waals surface area contributed by atoms with Crippen LogP contribution in [-0.2, 0) is 4.79 Å². The molecule has 0 bridgehead atoms. The summed E-state index contributed by atoms with van der Waals surface area (Å²) in [6.07, 6.45) is 0. The van der Waals surface area contributed by atoms with Gasteiger partial charge in [-0.3, -0.25) is 14.4 Å². The maximum atomic E-state index is 12.5. The first kappa shape index (κ1) is 20.9. The second kappa shape index (κ2) is 8.39. The van der Waals surface area contributed by atoms with E-state index in [0.717, 1.165) is 5.69 Å². The zero-order valence-corrected chi connectivity index (χ0v) is 17.7. The van der Waals surface area contributed by atoms with Crippen molar-refractivity contribution < 1.29 is 14.4 Å². The summed E-state index contributed by atoms with van der Waals surface area (Å²) in [5.41, 5.74) is 11.1. The highest BCUT2D eigenvalue weighted by atomic mass is 16.2. The first-order chi connectivity index (χ1) is 15.3. The summed E-state index contributed by atoms with van der Waals surface area (Å²) >= 11 is 0. The summed E-state index contributed by atoms with van der Waals surface area (Å²) in [4.78, 5) is 36.8. The zero-order valence-electron chi connectivity index (χ0n) is 17.7. The number of rotatable bonds is 5. The lowest BCUT2D eigenvalue weighted by Gasteiger charge is -2.11. The molecule has 0 fully saturated rings. The minimum Gasteiger partial charge on any atom is -0.397 e. The van der Waals surface area contributed by atoms with E-state index >= 15 is 0 Å². The SMILES string of the molecule is CC(=O)c1ccc2c(c1)C(=C(C)Nc1ccc(C(=O)Nc3ccccc3N)cc1)C(=O)N2. The van der Waals surface area contributed by atoms with Gasteiger partial charge >= 0.3 is 0 Å². The summed E-state index contributed by atoms with van der Waals surface area (Å²) in [6.45, 7) is 3.29. The highest BCUT2D eigenvalue weighted by Gasteiger charge is 2.27. The summed E-state index contributed by atoms with van der Waals surface area (Å²) in [6, 6.07) is 19.1. The molecular weight excluding hydrogens is 404 g/mol. The molecule has 160 valence electrons. The molecule has 0 unspecified atom stereocenters. The smallest absolute Gasteiger partial charge is 0.258 e. The third kappa shape index (κ3) is 4.09. The van der Waals surface area contributed by atoms with E-state index in [2.05, 4.69) is 16.0 Å². The van der Waals surface area contributed by atoms with E-state index in [1.807, 2.05) is 0 Å². The molecule has 0 atom stereocenters. The Labute approximate surface area is 185 Å². The predicted octanol–water partition coefficient (Wildman–Crippen LogP) is 4.52. The van der Waals surface area contributed by atoms with Crippen LogP contribution in [0.3, 0.4) is 0 Å². The highest BCUT2D eigenvalue weighted by molar-refractivity contribution is 6.32. The monoisotopic (exact) mass is 426 g/mol. The van der Waals surface area contributed by atoms with Crippen molar-refractivity contribution in [3.05, 3.63) is 89.1 Å². The number of ketones is 1. The van der Waals surface area contributed by atoms with Crippen molar-refractivity contribution in [3.63, 3.8) is 0 Å². The summed E-state index contributed by atoms with van der Waals surface area (Å²) in [7, 11) is 0. The Bertz CT molecular complexity index is 1280. The maximum absolute atomic E-state index is 12.5. The number of benzene rings is 3. The molecule has 4 rings (SSSR count). The van der Waals surface area contributed by atoms with Gasteiger partial charge in [-0.2, -0.15) is 0 Å². The predicted molar refractivity (Wildman–Crippen MR) is 127 cm³/mol. The van der Waals surface area contributed by atoms with Gasteiger partial charge in [-0.25, -0.2) is 0 Å². The van der Waals surface area contributed by atoms with Crippen molar-refractivity contribution in [2.45, 2.75) is 13.8 Å². The number of Topliss-reactive ketones (excluding diaryl/α,β-unsaturated/α-hetero) is 1. The van der Waals surface area contributed by atoms with E-state index < -0.39 is 0 Å². The fourth-order valence-electron chi connectivity index (χ4n) is 3.55. The minimum absolute atomic E-state index is 0.0664. The van der Waals surface area contributed by atoms with Crippen LogP contribution in [0.5, 0.6) is 0 Å². The molecule has 2 amide bonds. The second-order valence-electron chi connectivity index (χ2n) is 7.51. The fourth-order valence-corrected chi connectivity index (χ4v) is 3.55. The minimum atomic E-state index is -0.273. The number of nitrogens with one attached hydrogen (secondary N) is 3. The maximum Gasteiger partial charge on any atom is 0.258 e. The number of anilines is 4. The van der Waals surface area contributed by atoms with Crippen molar-refractivity contribution in [3.8, 4) is 0 Å². The van der Waals surface area contributed by atoms with Crippen LogP contribution in [0.2, 0.25) is 0 Å². The molecular formula is C25H22N4O3. The Morgan fingerprint density at radius 2 is 1.56 bits per heavy atom. The number of amides is 2. The van der Waals surface area contributed by atoms with Crippen LogP contribution in [0.25, 0.3) is 5.57 Å². The van der Waals surface area contributed by atoms with Gasteiger partial charge < -0.3 is 21.7 Å². The van der Waals surface area contributed by atoms with E-state index in [0.29, 0.717) is 45.0 Å². The van der Waals surface area contributed by atoms with Gasteiger partial charge in [0.15, 0.2) is 5.78 Å². The average Bonchev–Trinajstić information content (AvgIpc) is 3.10. The topological polar surface area (TPSA) is 113 Å². The van der Waals surface area contributed by atoms with Crippen LogP contribution >= 0.6 is 0 Å². The van der Waals surface area contributed by atoms with Gasteiger partial charge in [0.1, 0.15) is 0 Å². The molecule has 1 aliphatic heterocycles. The van der Waals surface area contributed by atoms with E-state index in [-0.39, 0.29) is 17.6 Å². The molecule has 0 radical (unpaired) electrons. The van der Waals surface area contributed by atoms with E-state index in [1.165, 1.54) is 6.92 Å². The van der Waals surface area contributed by atoms with Crippen LogP contribution in [0.4, 0.5) is 22.7 Å². The van der Waals surface area contributed by atoms with Gasteiger partial charge in [0.05, 0.1) is 16.9 Å². The molecule has 32 heavy (non-hydrogen) atoms. The molecule has 5 N–H and O–H groups in total. The third-order valence-corrected chi connectivity index (χ3v) is 5.23. The van der Waals surface area contributed by atoms with Crippen molar-refractivity contribution in [1.82, 2.24) is 0 Å². The number of hydrogen-bond acceptors (Lipinski definition) is 5. The summed E-state index contributed by atoms with van der Waals surface area (Å²) < 4.78 is 0. The lowest BCUT2D eigenvalue weighted by molar-refractivity contribution is -0.110. The number of carbonyl (C=O) groups excluding carboxylic acids is 3. The van der Waals surface area contributed by atoms with Crippen molar-refractivity contribution in [1.29, 1.82) is 0 Å². The van der Waals surface area contributed by atoms with Crippen LogP contribution in [-0.4, -0.2) is 17.6 Å². The van der Waals surface area contributed by atoms with E-state index in [9.17, 15) is 14.4 Å². The van der Waals surface area contributed by atoms with Gasteiger partial charge in [-0.05, 0) is 68.4 Å². The molecule has 1 aliphatic rings. The molecule has 0 saturated carbocycles. The Hall–Kier alpha value is -4.39. The van der Waals surface area contributed by atoms with Crippen LogP contribution < -0.4 is 21.7 Å². The van der Waals surface area contributed by atoms with Crippen LogP contribution in [0, 0.1) is 0 Å². The average molecular weight is 426 g/mol. The van der Waals surface area contributed by atoms with Gasteiger partial charge in [0, 0.05) is 33.8 Å². The first-order valence-electron chi connectivity index (χ1n) is 10.0. The molecule has 7 nitrogen and oxygen atoms in total. The number of fused-ring (bicyclic) bond motifs is 1. The molecule has 0 spiro atoms. The Morgan fingerprint density at radius 1 is 0.875 bits per heavy atom. The normalized spacial score (nSPS) is 13.8. The van der Waals surface area contributed by atoms with E-state index in [1.54, 1.807) is 73.7 Å². The third-order valence-electron chi connectivity index (χ3n) is 5.23. The zero-order chi connectivity index (χ0) is 22.8. The number of nitrogens with two attached hydrogens (primary N) is 1. The van der Waals surface area contributed by atoms with Crippen molar-refractivity contribution in [2.24, 2.45) is 0 Å². The molecule has 7 heteroatoms. The summed E-state index contributed by atoms with van der Waals surface area (Å²) in [5, 5.41) is 8.82. The van der Waals surface area contributed by atoms with Crippen LogP contribution in [0.15, 0.2) is 72.4 Å². The largest absolute Gasteiger partial charge is 0.397 e. The lowest BCUT2D eigenvalue weighted by Crippen LogP contribution is -2.13. The quantitative estimate of drug-likeness (QED) is 0.272. The number of allylic oxidation sites excluding steroid dienone is 1. The molecule has 1 heterocycles. The van der Waals surface area contributed by atoms with Crippen molar-refractivity contribution in [2.75, 3.05) is 21.7 Å². The second-order valence-corrected chi connectivity index (χ2v) is 7.51. The molecule has 0 aliphatic carbocycles. The summed E-state index contributed by atoms with van der Waals surface area (Å²) in [5.74, 6) is -0.573. The molecule has 0 saturated heterocycles. The van der Waals surface area contributed by atoms with Gasteiger partial charge in [-0.15, -0.1) is 0 Å². The van der Waals surface area contributed by atoms with Gasteiger partial charge in [0.2, 0.25) is 0 Å². The Kier molecular flexibility index (Phi) is 5.47. The first-order valence-corrected chi connectivity index (χ1v) is 10.0. The Balaban J connectivity index is 1.54. The lowest BCUT2D eigenvalue weighted by atomic mass is 10.0. The number of carbonyl (C=O) groups is 3. The molecule has 3 aromatic carbocycles. The van der Waals surface area contributed by atoms with Crippen LogP contribution in [0.1, 0.15) is 40.1 Å².